The number of aromatic nitrogens is 2. The summed E-state index contributed by atoms with van der Waals surface area (Å²) in [6.45, 7) is 0. The minimum Gasteiger partial charge on any atom is -0.480 e. The Hall–Kier alpha value is -2.83. The van der Waals surface area contributed by atoms with E-state index in [1.807, 2.05) is 24.3 Å². The smallest absolute Gasteiger partial charge is 0.341 e. The number of benzene rings is 1. The van der Waals surface area contributed by atoms with Gasteiger partial charge in [0.15, 0.2) is 0 Å². The van der Waals surface area contributed by atoms with Crippen LogP contribution in [0.3, 0.4) is 0 Å². The Labute approximate surface area is 125 Å². The summed E-state index contributed by atoms with van der Waals surface area (Å²) in [7, 11) is 0. The van der Waals surface area contributed by atoms with Crippen molar-refractivity contribution in [3.05, 3.63) is 47.2 Å². The second kappa shape index (κ2) is 4.33. The molecular formula is C15H13N3O4. The summed E-state index contributed by atoms with van der Waals surface area (Å²) in [5.74, 6) is -2.03. The molecule has 2 aromatic rings. The molecule has 7 nitrogen and oxygen atoms in total. The first kappa shape index (κ1) is 12.9. The molecule has 7 heteroatoms. The number of nitrogens with one attached hydrogen (secondary N) is 1. The second-order valence-corrected chi connectivity index (χ2v) is 5.63. The fourth-order valence-corrected chi connectivity index (χ4v) is 3.59. The summed E-state index contributed by atoms with van der Waals surface area (Å²) in [4.78, 5) is 22.9. The SMILES string of the molecule is O=C(O)c1cnn2c1NC(C(=O)O)C1Cc3ccccc3C12. The highest BCUT2D eigenvalue weighted by atomic mass is 16.4. The molecule has 1 aromatic carbocycles. The molecule has 0 spiro atoms. The van der Waals surface area contributed by atoms with Gasteiger partial charge in [0.25, 0.3) is 0 Å². The normalized spacial score (nSPS) is 24.8. The van der Waals surface area contributed by atoms with E-state index in [2.05, 4.69) is 10.4 Å². The van der Waals surface area contributed by atoms with Crippen LogP contribution in [0.4, 0.5) is 5.82 Å². The van der Waals surface area contributed by atoms with Crippen molar-refractivity contribution in [2.45, 2.75) is 18.5 Å². The van der Waals surface area contributed by atoms with Gasteiger partial charge in [0.1, 0.15) is 17.4 Å². The predicted molar refractivity (Wildman–Crippen MR) is 76.0 cm³/mol. The molecule has 0 bridgehead atoms. The zero-order valence-corrected chi connectivity index (χ0v) is 11.4. The molecule has 2 heterocycles. The zero-order valence-electron chi connectivity index (χ0n) is 11.4. The minimum absolute atomic E-state index is 0.00548. The van der Waals surface area contributed by atoms with Crippen LogP contribution in [0.2, 0.25) is 0 Å². The van der Waals surface area contributed by atoms with Crippen molar-refractivity contribution < 1.29 is 19.8 Å². The number of aliphatic carboxylic acids is 1. The number of aromatic carboxylic acids is 1. The van der Waals surface area contributed by atoms with Crippen molar-refractivity contribution in [2.75, 3.05) is 5.32 Å². The van der Waals surface area contributed by atoms with Crippen molar-refractivity contribution >= 4 is 17.8 Å². The first-order valence-electron chi connectivity index (χ1n) is 6.96. The maximum Gasteiger partial charge on any atom is 0.341 e. The molecule has 2 aliphatic rings. The largest absolute Gasteiger partial charge is 0.480 e. The molecule has 4 rings (SSSR count). The molecular weight excluding hydrogens is 286 g/mol. The summed E-state index contributed by atoms with van der Waals surface area (Å²) in [6.07, 6.45) is 1.90. The van der Waals surface area contributed by atoms with Gasteiger partial charge in [-0.15, -0.1) is 0 Å². The van der Waals surface area contributed by atoms with Gasteiger partial charge >= 0.3 is 11.9 Å². The van der Waals surface area contributed by atoms with Crippen molar-refractivity contribution in [1.82, 2.24) is 9.78 Å². The van der Waals surface area contributed by atoms with Gasteiger partial charge in [-0.3, -0.25) is 0 Å². The highest BCUT2D eigenvalue weighted by Gasteiger charge is 2.47. The van der Waals surface area contributed by atoms with Gasteiger partial charge < -0.3 is 15.5 Å². The van der Waals surface area contributed by atoms with E-state index < -0.39 is 18.0 Å². The Bertz CT molecular complexity index is 798. The lowest BCUT2D eigenvalue weighted by molar-refractivity contribution is -0.139. The van der Waals surface area contributed by atoms with Crippen molar-refractivity contribution in [1.29, 1.82) is 0 Å². The number of carboxylic acids is 2. The quantitative estimate of drug-likeness (QED) is 0.770. The average Bonchev–Trinajstić information content (AvgIpc) is 3.06. The number of hydrogen-bond acceptors (Lipinski definition) is 4. The fourth-order valence-electron chi connectivity index (χ4n) is 3.59. The number of carbonyl (C=O) groups is 2. The van der Waals surface area contributed by atoms with Crippen LogP contribution in [0.5, 0.6) is 0 Å². The van der Waals surface area contributed by atoms with Gasteiger partial charge in [-0.2, -0.15) is 5.10 Å². The van der Waals surface area contributed by atoms with E-state index in [1.165, 1.54) is 6.20 Å². The van der Waals surface area contributed by atoms with E-state index in [0.717, 1.165) is 11.1 Å². The molecule has 0 amide bonds. The predicted octanol–water partition coefficient (Wildman–Crippen LogP) is 1.22. The first-order chi connectivity index (χ1) is 10.6. The number of nitrogens with zero attached hydrogens (tertiary/aromatic N) is 2. The lowest BCUT2D eigenvalue weighted by Crippen LogP contribution is -2.45. The van der Waals surface area contributed by atoms with Crippen LogP contribution in [0, 0.1) is 5.92 Å². The minimum atomic E-state index is -1.12. The summed E-state index contributed by atoms with van der Waals surface area (Å²) < 4.78 is 1.61. The Kier molecular flexibility index (Phi) is 2.53. The Morgan fingerprint density at radius 1 is 1.27 bits per heavy atom. The van der Waals surface area contributed by atoms with Crippen LogP contribution >= 0.6 is 0 Å². The van der Waals surface area contributed by atoms with E-state index in [4.69, 9.17) is 0 Å². The molecule has 112 valence electrons. The number of carboxylic acid groups (broad SMARTS) is 2. The van der Waals surface area contributed by atoms with Gasteiger partial charge in [0.05, 0.1) is 12.2 Å². The molecule has 3 unspecified atom stereocenters. The van der Waals surface area contributed by atoms with E-state index in [-0.39, 0.29) is 23.3 Å². The van der Waals surface area contributed by atoms with Gasteiger partial charge in [-0.1, -0.05) is 24.3 Å². The highest BCUT2D eigenvalue weighted by Crippen LogP contribution is 2.45. The Morgan fingerprint density at radius 3 is 2.77 bits per heavy atom. The number of anilines is 1. The lowest BCUT2D eigenvalue weighted by atomic mass is 9.90. The maximum atomic E-state index is 11.6. The van der Waals surface area contributed by atoms with Crippen LogP contribution in [0.25, 0.3) is 0 Å². The number of rotatable bonds is 2. The molecule has 0 saturated heterocycles. The van der Waals surface area contributed by atoms with Crippen LogP contribution < -0.4 is 5.32 Å². The van der Waals surface area contributed by atoms with Gasteiger partial charge in [-0.25, -0.2) is 14.3 Å². The third kappa shape index (κ3) is 1.59. The van der Waals surface area contributed by atoms with Crippen LogP contribution in [0.15, 0.2) is 30.5 Å². The lowest BCUT2D eigenvalue weighted by Gasteiger charge is -2.34. The average molecular weight is 299 g/mol. The van der Waals surface area contributed by atoms with Gasteiger partial charge in [0, 0.05) is 5.92 Å². The molecule has 0 fully saturated rings. The summed E-state index contributed by atoms with van der Waals surface area (Å²) in [5.41, 5.74) is 2.10. The maximum absolute atomic E-state index is 11.6. The van der Waals surface area contributed by atoms with Crippen LogP contribution in [-0.4, -0.2) is 38.0 Å². The molecule has 22 heavy (non-hydrogen) atoms. The summed E-state index contributed by atoms with van der Waals surface area (Å²) in [6, 6.07) is 6.68. The molecule has 3 atom stereocenters. The molecule has 0 saturated carbocycles. The third-order valence-corrected chi connectivity index (χ3v) is 4.51. The molecule has 1 aliphatic carbocycles. The van der Waals surface area contributed by atoms with E-state index in [9.17, 15) is 19.8 Å². The van der Waals surface area contributed by atoms with Crippen molar-refractivity contribution in [3.63, 3.8) is 0 Å². The summed E-state index contributed by atoms with van der Waals surface area (Å²) >= 11 is 0. The Morgan fingerprint density at radius 2 is 2.05 bits per heavy atom. The fraction of sp³-hybridized carbons (Fsp3) is 0.267. The Balaban J connectivity index is 1.92. The molecule has 0 radical (unpaired) electrons. The van der Waals surface area contributed by atoms with Crippen LogP contribution in [0.1, 0.15) is 27.5 Å². The monoisotopic (exact) mass is 299 g/mol. The number of hydrogen-bond donors (Lipinski definition) is 3. The number of fused-ring (bicyclic) bond motifs is 5. The highest BCUT2D eigenvalue weighted by molar-refractivity contribution is 5.94. The van der Waals surface area contributed by atoms with E-state index in [0.29, 0.717) is 6.42 Å². The van der Waals surface area contributed by atoms with Crippen molar-refractivity contribution in [3.8, 4) is 0 Å². The molecule has 1 aromatic heterocycles. The van der Waals surface area contributed by atoms with Gasteiger partial charge in [-0.05, 0) is 17.5 Å². The standard InChI is InChI=1S/C15H13N3O4/c19-14(20)10-6-16-18-12-8-4-2-1-3-7(8)5-9(12)11(15(21)22)17-13(10)18/h1-4,6,9,11-12,17H,5H2,(H,19,20)(H,21,22). The first-order valence-corrected chi connectivity index (χ1v) is 6.96. The third-order valence-electron chi connectivity index (χ3n) is 4.51. The van der Waals surface area contributed by atoms with Crippen LogP contribution in [-0.2, 0) is 11.2 Å². The zero-order chi connectivity index (χ0) is 15.4. The molecule has 1 aliphatic heterocycles. The second-order valence-electron chi connectivity index (χ2n) is 5.63. The van der Waals surface area contributed by atoms with E-state index >= 15 is 0 Å². The van der Waals surface area contributed by atoms with Gasteiger partial charge in [0.2, 0.25) is 0 Å². The van der Waals surface area contributed by atoms with E-state index in [1.54, 1.807) is 4.68 Å². The summed E-state index contributed by atoms with van der Waals surface area (Å²) in [5, 5.41) is 25.8. The molecule has 3 N–H and O–H groups in total. The topological polar surface area (TPSA) is 104 Å². The van der Waals surface area contributed by atoms with Crippen molar-refractivity contribution in [2.24, 2.45) is 5.92 Å².